The lowest BCUT2D eigenvalue weighted by Crippen LogP contribution is -2.29. The molecule has 4 aliphatic heterocycles. The molecular weight excluding hydrogens is 1570 g/mol. The van der Waals surface area contributed by atoms with Gasteiger partial charge >= 0.3 is 31.0 Å². The lowest BCUT2D eigenvalue weighted by Gasteiger charge is -2.30. The number of allylic oxidation sites excluding steroid dienone is 2. The molecule has 3 N–H and O–H groups in total. The zero-order valence-corrected chi connectivity index (χ0v) is 78.4. The first-order valence-electron chi connectivity index (χ1n) is 44.4. The van der Waals surface area contributed by atoms with Crippen LogP contribution in [-0.4, -0.2) is 116 Å². The molecule has 18 nitrogen and oxygen atoms in total. The van der Waals surface area contributed by atoms with Gasteiger partial charge in [0.25, 0.3) is 0 Å². The molecule has 6 aliphatic rings. The molecule has 0 saturated heterocycles. The second kappa shape index (κ2) is 42.2. The lowest BCUT2D eigenvalue weighted by atomic mass is 9.85. The fourth-order valence-electron chi connectivity index (χ4n) is 17.1. The Morgan fingerprint density at radius 3 is 0.960 bits per heavy atom. The number of hydrogen-bond donors (Lipinski definition) is 3. The number of methoxy groups -OCH3 is 3. The highest BCUT2D eigenvalue weighted by Crippen LogP contribution is 2.55. The summed E-state index contributed by atoms with van der Waals surface area (Å²) in [5.41, 5.74) is 23.4. The maximum absolute atomic E-state index is 13.0. The highest BCUT2D eigenvalue weighted by molar-refractivity contribution is 6.47. The number of carbonyl (C=O) groups is 4. The van der Waals surface area contributed by atoms with Crippen LogP contribution in [0.1, 0.15) is 275 Å². The van der Waals surface area contributed by atoms with Gasteiger partial charge in [0.1, 0.15) is 23.0 Å². The van der Waals surface area contributed by atoms with Crippen LogP contribution in [0.25, 0.3) is 50.6 Å². The standard InChI is InChI=1S/C27H34O4.2C26H32O4.C24H30O4.C3H7BO2/c1-16-9-11-20(21-14-17(21)2)24(19-10-12-22-18(15-19)8-7-13-30-22)23(16)25(26(28)29-6)31-27(3,4)5;1-15-8-10-19(20-13-16(20)2)23(22(15)24(25(27)28)30-26(3,4)5)18-9-11-21-17(14-18)7-6-12-29-21;1-7-9-18-12-11-17(2)22(24(25(27)28-6)30-26(3,4)5)23(18)20-13-14-21-19(16-20)10-8-15-29-21;1-15-9-10-16(2)21(22(23(25)26-6)28-24(3,4)5)20(15)18-11-12-19-17(14-18)8-7-13-27-19;1-2-3-4(5)6/h9-12,15,17,21,25H,7-8,13-14H2,1-6H3;8-11,14,16,20,24H,6-7,12-13H2,1-5H3,(H,27,28);7,9,11-14,16,24H,8,10,15H2,1-6H3;9-12,14,22H,7-8,13H2,1-6H3;2-3,5-6H,1H3/b;;9-7-;;3-2-/t17-,21?,25?;16-,20?,24?;;;/m00.../s1. The summed E-state index contributed by atoms with van der Waals surface area (Å²) in [6, 6.07) is 42.2. The van der Waals surface area contributed by atoms with Crippen LogP contribution in [0.5, 0.6) is 23.0 Å². The van der Waals surface area contributed by atoms with Crippen LogP contribution in [0.3, 0.4) is 0 Å². The highest BCUT2D eigenvalue weighted by atomic mass is 16.6. The van der Waals surface area contributed by atoms with E-state index in [4.69, 9.17) is 62.2 Å². The summed E-state index contributed by atoms with van der Waals surface area (Å²) >= 11 is 0. The monoisotopic (exact) mass is 1710 g/mol. The third-order valence-electron chi connectivity index (χ3n) is 23.1. The van der Waals surface area contributed by atoms with E-state index in [2.05, 4.69) is 125 Å². The van der Waals surface area contributed by atoms with Gasteiger partial charge in [0.15, 0.2) is 24.4 Å². The third kappa shape index (κ3) is 25.3. The van der Waals surface area contributed by atoms with E-state index in [0.29, 0.717) is 23.7 Å². The molecule has 14 rings (SSSR count). The van der Waals surface area contributed by atoms with Crippen molar-refractivity contribution in [2.75, 3.05) is 47.8 Å². The molecule has 6 unspecified atom stereocenters. The largest absolute Gasteiger partial charge is 0.493 e. The molecule has 670 valence electrons. The van der Waals surface area contributed by atoms with Crippen LogP contribution < -0.4 is 18.9 Å². The average Bonchev–Trinajstić information content (AvgIpc) is 1.66. The number of carbonyl (C=O) groups excluding carboxylic acids is 3. The number of benzene rings is 8. The van der Waals surface area contributed by atoms with Gasteiger partial charge < -0.3 is 67.3 Å². The Kier molecular flexibility index (Phi) is 32.8. The summed E-state index contributed by atoms with van der Waals surface area (Å²) in [5.74, 6) is 5.26. The van der Waals surface area contributed by atoms with Gasteiger partial charge in [-0.1, -0.05) is 111 Å². The van der Waals surface area contributed by atoms with Crippen LogP contribution in [0.2, 0.25) is 0 Å². The van der Waals surface area contributed by atoms with Crippen molar-refractivity contribution in [1.29, 1.82) is 0 Å². The van der Waals surface area contributed by atoms with Crippen molar-refractivity contribution >= 4 is 37.1 Å². The van der Waals surface area contributed by atoms with Crippen LogP contribution in [0.15, 0.2) is 139 Å². The van der Waals surface area contributed by atoms with Crippen molar-refractivity contribution in [1.82, 2.24) is 0 Å². The van der Waals surface area contributed by atoms with Crippen LogP contribution in [0, 0.1) is 46.5 Å². The predicted octanol–water partition coefficient (Wildman–Crippen LogP) is 23.1. The molecule has 0 bridgehead atoms. The highest BCUT2D eigenvalue weighted by Gasteiger charge is 2.43. The van der Waals surface area contributed by atoms with E-state index in [1.807, 2.05) is 147 Å². The van der Waals surface area contributed by atoms with Crippen molar-refractivity contribution in [3.05, 3.63) is 228 Å². The second-order valence-corrected chi connectivity index (χ2v) is 37.8. The Labute approximate surface area is 743 Å². The summed E-state index contributed by atoms with van der Waals surface area (Å²) in [6.07, 6.45) is 12.6. The van der Waals surface area contributed by atoms with E-state index >= 15 is 0 Å². The summed E-state index contributed by atoms with van der Waals surface area (Å²) in [6.45, 7) is 44.8. The normalized spacial score (nSPS) is 17.7. The number of aryl methyl sites for hydroxylation is 9. The molecule has 2 saturated carbocycles. The van der Waals surface area contributed by atoms with Crippen LogP contribution >= 0.6 is 0 Å². The van der Waals surface area contributed by atoms with Gasteiger partial charge in [0.2, 0.25) is 0 Å². The SMILES string of the molecule is C/C=C\B(O)O.C/C=C\c1ccc(C)c(C(OC(C)(C)C)C(=O)OC)c1-c1ccc2c(c1)CCCO2.COC(=O)C(OC(C)(C)C)c1c(C)ccc(C)c1-c1ccc2c(c1)CCCO2.COC(=O)C(OC(C)(C)C)c1c(C)ccc(C2C[C@@H]2C)c1-c1ccc2c(c1)CCCO2.Cc1ccc(C2C[C@@H]2C)c(-c2ccc3c(c2)CCCO3)c1C(OC(C)(C)C)C(=O)O. The molecule has 125 heavy (non-hydrogen) atoms. The molecule has 19 heteroatoms. The molecule has 0 spiro atoms. The number of rotatable bonds is 20. The number of ether oxygens (including phenoxy) is 11. The zero-order valence-electron chi connectivity index (χ0n) is 78.4. The van der Waals surface area contributed by atoms with E-state index < -0.39 is 65.9 Å². The minimum Gasteiger partial charge on any atom is -0.493 e. The predicted molar refractivity (Wildman–Crippen MR) is 497 cm³/mol. The molecule has 0 amide bonds. The molecule has 0 radical (unpaired) electrons. The molecular formula is C106H135BO18. The molecule has 8 aromatic rings. The van der Waals surface area contributed by atoms with Crippen molar-refractivity contribution in [3.8, 4) is 67.5 Å². The molecule has 4 heterocycles. The summed E-state index contributed by atoms with van der Waals surface area (Å²) in [5, 5.41) is 26.2. The fraction of sp³-hybridized carbons (Fsp3) is 0.472. The number of hydrogen-bond acceptors (Lipinski definition) is 17. The van der Waals surface area contributed by atoms with Crippen LogP contribution in [-0.2, 0) is 78.0 Å². The molecule has 8 aromatic carbocycles. The topological polar surface area (TPSA) is 230 Å². The van der Waals surface area contributed by atoms with Gasteiger partial charge in [-0.05, 0) is 379 Å². The van der Waals surface area contributed by atoms with E-state index in [0.717, 1.165) is 207 Å². The number of fused-ring (bicyclic) bond motifs is 4. The van der Waals surface area contributed by atoms with Crippen molar-refractivity contribution < 1.29 is 86.4 Å². The summed E-state index contributed by atoms with van der Waals surface area (Å²) in [7, 11) is 2.96. The van der Waals surface area contributed by atoms with Crippen LogP contribution in [0.4, 0.5) is 0 Å². The van der Waals surface area contributed by atoms with Gasteiger partial charge in [-0.2, -0.15) is 0 Å². The second-order valence-electron chi connectivity index (χ2n) is 37.8. The lowest BCUT2D eigenvalue weighted by molar-refractivity contribution is -0.164. The van der Waals surface area contributed by atoms with Crippen molar-refractivity contribution in [2.24, 2.45) is 11.8 Å². The molecule has 2 aliphatic carbocycles. The Bertz CT molecular complexity index is 5190. The number of aliphatic carboxylic acids is 1. The van der Waals surface area contributed by atoms with E-state index in [1.54, 1.807) is 13.0 Å². The van der Waals surface area contributed by atoms with Crippen molar-refractivity contribution in [2.45, 2.75) is 268 Å². The number of carboxylic acid groups (broad SMARTS) is 1. The molecule has 0 aromatic heterocycles. The van der Waals surface area contributed by atoms with E-state index in [-0.39, 0.29) is 11.9 Å². The summed E-state index contributed by atoms with van der Waals surface area (Å²) < 4.78 is 63.5. The van der Waals surface area contributed by atoms with Crippen molar-refractivity contribution in [3.63, 3.8) is 0 Å². The minimum atomic E-state index is -1.28. The van der Waals surface area contributed by atoms with Gasteiger partial charge in [-0.3, -0.25) is 0 Å². The number of esters is 3. The summed E-state index contributed by atoms with van der Waals surface area (Å²) in [4.78, 5) is 50.9. The van der Waals surface area contributed by atoms with Gasteiger partial charge in [0, 0.05) is 22.3 Å². The van der Waals surface area contributed by atoms with E-state index in [9.17, 15) is 24.3 Å². The maximum Gasteiger partial charge on any atom is 0.480 e. The minimum absolute atomic E-state index is 0.360. The third-order valence-corrected chi connectivity index (χ3v) is 23.1. The molecule has 2 fully saturated rings. The Morgan fingerprint density at radius 2 is 0.672 bits per heavy atom. The van der Waals surface area contributed by atoms with Gasteiger partial charge in [0.05, 0.1) is 70.2 Å². The first-order chi connectivity index (χ1) is 59.1. The maximum atomic E-state index is 13.0. The Balaban J connectivity index is 0.000000170. The first kappa shape index (κ1) is 97.3. The Hall–Kier alpha value is -9.86. The Morgan fingerprint density at radius 1 is 0.392 bits per heavy atom. The smallest absolute Gasteiger partial charge is 0.480 e. The van der Waals surface area contributed by atoms with Gasteiger partial charge in [-0.25, -0.2) is 19.2 Å². The van der Waals surface area contributed by atoms with Gasteiger partial charge in [-0.15, -0.1) is 0 Å². The average molecular weight is 1710 g/mol. The zero-order chi connectivity index (χ0) is 91.3. The quantitative estimate of drug-likeness (QED) is 0.0366. The van der Waals surface area contributed by atoms with E-state index in [1.165, 1.54) is 67.1 Å². The molecule has 8 atom stereocenters. The first-order valence-corrected chi connectivity index (χ1v) is 44.4. The fourth-order valence-corrected chi connectivity index (χ4v) is 17.1. The number of carboxylic acids is 1.